The zero-order chi connectivity index (χ0) is 13.7. The van der Waals surface area contributed by atoms with E-state index in [4.69, 9.17) is 4.74 Å². The second kappa shape index (κ2) is 6.34. The first-order valence-corrected chi connectivity index (χ1v) is 6.57. The summed E-state index contributed by atoms with van der Waals surface area (Å²) in [6.45, 7) is 5.58. The van der Waals surface area contributed by atoms with Gasteiger partial charge in [-0.25, -0.2) is 0 Å². The van der Waals surface area contributed by atoms with Gasteiger partial charge in [-0.05, 0) is 38.1 Å². The molecule has 0 atom stereocenters. The first kappa shape index (κ1) is 13.6. The zero-order valence-corrected chi connectivity index (χ0v) is 11.7. The number of pyridine rings is 1. The lowest BCUT2D eigenvalue weighted by Crippen LogP contribution is -2.06. The van der Waals surface area contributed by atoms with Crippen molar-refractivity contribution in [1.82, 2.24) is 10.3 Å². The summed E-state index contributed by atoms with van der Waals surface area (Å²) in [7, 11) is 1.96. The number of nitrogens with zero attached hydrogens (tertiary/aromatic N) is 1. The Balaban J connectivity index is 2.44. The van der Waals surface area contributed by atoms with E-state index in [0.717, 1.165) is 17.9 Å². The molecule has 0 fully saturated rings. The molecule has 2 aromatic rings. The fourth-order valence-electron chi connectivity index (χ4n) is 2.12. The Kier molecular flexibility index (Phi) is 4.53. The SMILES string of the molecule is CCOc1cncc(-c2cc(C)ccc2CNC)c1. The molecule has 0 amide bonds. The molecule has 0 spiro atoms. The first-order chi connectivity index (χ1) is 9.24. The van der Waals surface area contributed by atoms with Crippen molar-refractivity contribution >= 4 is 0 Å². The molecule has 2 rings (SSSR count). The van der Waals surface area contributed by atoms with Gasteiger partial charge in [0.15, 0.2) is 0 Å². The number of rotatable bonds is 5. The normalized spacial score (nSPS) is 10.5. The van der Waals surface area contributed by atoms with Gasteiger partial charge in [0.1, 0.15) is 5.75 Å². The van der Waals surface area contributed by atoms with Crippen LogP contribution in [0.1, 0.15) is 18.1 Å². The second-order valence-electron chi connectivity index (χ2n) is 4.53. The molecule has 19 heavy (non-hydrogen) atoms. The molecule has 0 saturated heterocycles. The summed E-state index contributed by atoms with van der Waals surface area (Å²) in [4.78, 5) is 4.27. The van der Waals surface area contributed by atoms with Crippen LogP contribution in [0.5, 0.6) is 5.75 Å². The number of hydrogen-bond donors (Lipinski definition) is 1. The Bertz CT molecular complexity index is 552. The lowest BCUT2D eigenvalue weighted by molar-refractivity contribution is 0.339. The predicted molar refractivity (Wildman–Crippen MR) is 78.3 cm³/mol. The van der Waals surface area contributed by atoms with Crippen molar-refractivity contribution in [2.75, 3.05) is 13.7 Å². The minimum Gasteiger partial charge on any atom is -0.492 e. The smallest absolute Gasteiger partial charge is 0.138 e. The number of benzene rings is 1. The van der Waals surface area contributed by atoms with E-state index in [9.17, 15) is 0 Å². The molecule has 0 aliphatic carbocycles. The highest BCUT2D eigenvalue weighted by atomic mass is 16.5. The highest BCUT2D eigenvalue weighted by molar-refractivity contribution is 5.68. The molecule has 1 aromatic heterocycles. The van der Waals surface area contributed by atoms with Crippen LogP contribution in [-0.4, -0.2) is 18.6 Å². The Morgan fingerprint density at radius 3 is 2.79 bits per heavy atom. The van der Waals surface area contributed by atoms with Gasteiger partial charge in [-0.2, -0.15) is 0 Å². The third-order valence-corrected chi connectivity index (χ3v) is 2.97. The topological polar surface area (TPSA) is 34.1 Å². The number of nitrogens with one attached hydrogen (secondary N) is 1. The van der Waals surface area contributed by atoms with Crippen LogP contribution in [0.15, 0.2) is 36.7 Å². The van der Waals surface area contributed by atoms with Crippen LogP contribution < -0.4 is 10.1 Å². The molecule has 3 heteroatoms. The van der Waals surface area contributed by atoms with Gasteiger partial charge in [0.2, 0.25) is 0 Å². The van der Waals surface area contributed by atoms with Crippen LogP contribution in [0.3, 0.4) is 0 Å². The van der Waals surface area contributed by atoms with Gasteiger partial charge in [-0.1, -0.05) is 23.8 Å². The van der Waals surface area contributed by atoms with Crippen LogP contribution in [0, 0.1) is 6.92 Å². The minimum atomic E-state index is 0.655. The van der Waals surface area contributed by atoms with Gasteiger partial charge in [0, 0.05) is 18.3 Å². The average molecular weight is 256 g/mol. The molecule has 3 nitrogen and oxygen atoms in total. The maximum absolute atomic E-state index is 5.52. The summed E-state index contributed by atoms with van der Waals surface area (Å²) >= 11 is 0. The fraction of sp³-hybridized carbons (Fsp3) is 0.312. The molecule has 0 bridgehead atoms. The average Bonchev–Trinajstić information content (AvgIpc) is 2.42. The standard InChI is InChI=1S/C16H20N2O/c1-4-19-15-8-14(10-18-11-15)16-7-12(2)5-6-13(16)9-17-3/h5-8,10-11,17H,4,9H2,1-3H3. The summed E-state index contributed by atoms with van der Waals surface area (Å²) in [5, 5.41) is 3.20. The van der Waals surface area contributed by atoms with Crippen molar-refractivity contribution < 1.29 is 4.74 Å². The number of aryl methyl sites for hydroxylation is 1. The van der Waals surface area contributed by atoms with Crippen LogP contribution in [0.2, 0.25) is 0 Å². The lowest BCUT2D eigenvalue weighted by Gasteiger charge is -2.11. The summed E-state index contributed by atoms with van der Waals surface area (Å²) in [6, 6.07) is 8.54. The molecular formula is C16H20N2O. The van der Waals surface area contributed by atoms with Gasteiger partial charge >= 0.3 is 0 Å². The van der Waals surface area contributed by atoms with Crippen LogP contribution in [0.4, 0.5) is 0 Å². The second-order valence-corrected chi connectivity index (χ2v) is 4.53. The van der Waals surface area contributed by atoms with E-state index in [-0.39, 0.29) is 0 Å². The molecule has 1 aromatic carbocycles. The third kappa shape index (κ3) is 3.32. The molecule has 0 aliphatic rings. The van der Waals surface area contributed by atoms with E-state index in [2.05, 4.69) is 35.4 Å². The van der Waals surface area contributed by atoms with Gasteiger partial charge < -0.3 is 10.1 Å². The highest BCUT2D eigenvalue weighted by Gasteiger charge is 2.07. The third-order valence-electron chi connectivity index (χ3n) is 2.97. The Labute approximate surface area is 114 Å². The molecule has 0 saturated carbocycles. The summed E-state index contributed by atoms with van der Waals surface area (Å²) in [6.07, 6.45) is 3.64. The quantitative estimate of drug-likeness (QED) is 0.892. The van der Waals surface area contributed by atoms with E-state index in [1.807, 2.05) is 26.2 Å². The van der Waals surface area contributed by atoms with Crippen LogP contribution in [0.25, 0.3) is 11.1 Å². The maximum atomic E-state index is 5.52. The summed E-state index contributed by atoms with van der Waals surface area (Å²) < 4.78 is 5.52. The molecule has 0 unspecified atom stereocenters. The van der Waals surface area contributed by atoms with Crippen LogP contribution in [-0.2, 0) is 6.54 Å². The molecule has 1 heterocycles. The molecular weight excluding hydrogens is 236 g/mol. The Hall–Kier alpha value is -1.87. The largest absolute Gasteiger partial charge is 0.492 e. The van der Waals surface area contributed by atoms with E-state index in [1.54, 1.807) is 6.20 Å². The van der Waals surface area contributed by atoms with Crippen molar-refractivity contribution in [1.29, 1.82) is 0 Å². The minimum absolute atomic E-state index is 0.655. The Morgan fingerprint density at radius 2 is 2.05 bits per heavy atom. The molecule has 100 valence electrons. The summed E-state index contributed by atoms with van der Waals surface area (Å²) in [5.74, 6) is 0.817. The maximum Gasteiger partial charge on any atom is 0.138 e. The van der Waals surface area contributed by atoms with Gasteiger partial charge in [-0.3, -0.25) is 4.98 Å². The van der Waals surface area contributed by atoms with Crippen molar-refractivity contribution in [3.05, 3.63) is 47.8 Å². The van der Waals surface area contributed by atoms with Crippen molar-refractivity contribution in [2.45, 2.75) is 20.4 Å². The van der Waals surface area contributed by atoms with Crippen LogP contribution >= 0.6 is 0 Å². The Morgan fingerprint density at radius 1 is 1.21 bits per heavy atom. The number of ether oxygens (including phenoxy) is 1. The lowest BCUT2D eigenvalue weighted by atomic mass is 9.98. The van der Waals surface area contributed by atoms with E-state index in [0.29, 0.717) is 6.61 Å². The van der Waals surface area contributed by atoms with Crippen molar-refractivity contribution in [3.63, 3.8) is 0 Å². The molecule has 1 N–H and O–H groups in total. The molecule has 0 radical (unpaired) electrons. The van der Waals surface area contributed by atoms with Gasteiger partial charge in [0.05, 0.1) is 12.8 Å². The predicted octanol–water partition coefficient (Wildman–Crippen LogP) is 3.18. The van der Waals surface area contributed by atoms with Crippen molar-refractivity contribution in [3.8, 4) is 16.9 Å². The van der Waals surface area contributed by atoms with Gasteiger partial charge in [0.25, 0.3) is 0 Å². The molecule has 0 aliphatic heterocycles. The van der Waals surface area contributed by atoms with Gasteiger partial charge in [-0.15, -0.1) is 0 Å². The van der Waals surface area contributed by atoms with E-state index >= 15 is 0 Å². The number of aromatic nitrogens is 1. The fourth-order valence-corrected chi connectivity index (χ4v) is 2.12. The monoisotopic (exact) mass is 256 g/mol. The summed E-state index contributed by atoms with van der Waals surface area (Å²) in [5.41, 5.74) is 4.82. The first-order valence-electron chi connectivity index (χ1n) is 6.57. The van der Waals surface area contributed by atoms with Crippen molar-refractivity contribution in [2.24, 2.45) is 0 Å². The zero-order valence-electron chi connectivity index (χ0n) is 11.7. The van der Waals surface area contributed by atoms with E-state index < -0.39 is 0 Å². The highest BCUT2D eigenvalue weighted by Crippen LogP contribution is 2.27. The number of hydrogen-bond acceptors (Lipinski definition) is 3. The van der Waals surface area contributed by atoms with E-state index in [1.165, 1.54) is 16.7 Å².